The van der Waals surface area contributed by atoms with Crippen LogP contribution in [0.2, 0.25) is 0 Å². The van der Waals surface area contributed by atoms with Crippen molar-refractivity contribution in [3.8, 4) is 0 Å². The lowest BCUT2D eigenvalue weighted by molar-refractivity contribution is -0.122. The monoisotopic (exact) mass is 572 g/mol. The van der Waals surface area contributed by atoms with Crippen LogP contribution in [0.1, 0.15) is 31.2 Å². The van der Waals surface area contributed by atoms with Gasteiger partial charge in [-0.3, -0.25) is 19.6 Å². The molecule has 0 aromatic heterocycles. The van der Waals surface area contributed by atoms with Gasteiger partial charge in [0.05, 0.1) is 6.54 Å². The van der Waals surface area contributed by atoms with E-state index in [4.69, 9.17) is 0 Å². The Hall–Kier alpha value is -1.46. The summed E-state index contributed by atoms with van der Waals surface area (Å²) in [6.07, 6.45) is 4.49. The van der Waals surface area contributed by atoms with Gasteiger partial charge < -0.3 is 15.5 Å². The van der Waals surface area contributed by atoms with Gasteiger partial charge in [-0.2, -0.15) is 0 Å². The molecule has 9 heteroatoms. The summed E-state index contributed by atoms with van der Waals surface area (Å²) in [6, 6.07) is 7.50. The van der Waals surface area contributed by atoms with Crippen LogP contribution in [-0.4, -0.2) is 92.0 Å². The van der Waals surface area contributed by atoms with Gasteiger partial charge in [-0.1, -0.05) is 18.2 Å². The summed E-state index contributed by atoms with van der Waals surface area (Å²) in [5.74, 6) is 1.62. The molecule has 0 bridgehead atoms. The second-order valence-corrected chi connectivity index (χ2v) is 9.34. The van der Waals surface area contributed by atoms with E-state index in [2.05, 4.69) is 30.3 Å². The van der Waals surface area contributed by atoms with Gasteiger partial charge in [0.2, 0.25) is 5.91 Å². The summed E-state index contributed by atoms with van der Waals surface area (Å²) < 4.78 is 13.9. The minimum absolute atomic E-state index is 0. The van der Waals surface area contributed by atoms with E-state index in [1.807, 2.05) is 19.2 Å². The summed E-state index contributed by atoms with van der Waals surface area (Å²) in [4.78, 5) is 23.4. The van der Waals surface area contributed by atoms with E-state index in [1.165, 1.54) is 0 Å². The van der Waals surface area contributed by atoms with Crippen molar-refractivity contribution in [3.05, 3.63) is 35.6 Å². The molecule has 7 nitrogen and oxygen atoms in total. The summed E-state index contributed by atoms with van der Waals surface area (Å²) in [5.41, 5.74) is 0.786. The number of amides is 1. The second kappa shape index (κ2) is 12.9. The van der Waals surface area contributed by atoms with Crippen LogP contribution in [0.15, 0.2) is 29.3 Å². The zero-order valence-electron chi connectivity index (χ0n) is 19.6. The van der Waals surface area contributed by atoms with Crippen LogP contribution < -0.4 is 10.6 Å². The number of likely N-dealkylation sites (tertiary alicyclic amines) is 1. The molecule has 1 aromatic carbocycles. The van der Waals surface area contributed by atoms with Crippen molar-refractivity contribution in [2.24, 2.45) is 10.9 Å². The molecule has 33 heavy (non-hydrogen) atoms. The van der Waals surface area contributed by atoms with Crippen molar-refractivity contribution >= 4 is 35.8 Å². The Kier molecular flexibility index (Phi) is 10.2. The van der Waals surface area contributed by atoms with Crippen molar-refractivity contribution < 1.29 is 9.18 Å². The molecule has 1 saturated carbocycles. The van der Waals surface area contributed by atoms with Crippen LogP contribution in [0.5, 0.6) is 0 Å². The third kappa shape index (κ3) is 8.06. The Morgan fingerprint density at radius 2 is 1.73 bits per heavy atom. The van der Waals surface area contributed by atoms with E-state index in [0.29, 0.717) is 25.0 Å². The summed E-state index contributed by atoms with van der Waals surface area (Å²) >= 11 is 0. The molecule has 2 N–H and O–H groups in total. The quantitative estimate of drug-likeness (QED) is 0.298. The summed E-state index contributed by atoms with van der Waals surface area (Å²) in [7, 11) is 1.84. The van der Waals surface area contributed by atoms with Crippen molar-refractivity contribution in [2.75, 3.05) is 59.4 Å². The van der Waals surface area contributed by atoms with Crippen molar-refractivity contribution in [2.45, 2.75) is 38.3 Å². The number of guanidine groups is 1. The highest BCUT2D eigenvalue weighted by Gasteiger charge is 2.26. The molecule has 1 amide bonds. The summed E-state index contributed by atoms with van der Waals surface area (Å²) in [5, 5.41) is 6.64. The van der Waals surface area contributed by atoms with Gasteiger partial charge in [-0.15, -0.1) is 24.0 Å². The fraction of sp³-hybridized carbons (Fsp3) is 0.667. The molecule has 2 aliphatic heterocycles. The molecule has 4 rings (SSSR count). The van der Waals surface area contributed by atoms with Crippen molar-refractivity contribution in [1.29, 1.82) is 0 Å². The van der Waals surface area contributed by atoms with Crippen molar-refractivity contribution in [1.82, 2.24) is 25.3 Å². The molecule has 184 valence electrons. The minimum atomic E-state index is -0.108. The molecular formula is C24H38FIN6O. The number of carbonyl (C=O) groups is 1. The fourth-order valence-electron chi connectivity index (χ4n) is 4.61. The van der Waals surface area contributed by atoms with E-state index in [0.717, 1.165) is 83.0 Å². The first-order valence-electron chi connectivity index (χ1n) is 12.0. The molecule has 0 unspecified atom stereocenters. The first kappa shape index (κ1) is 26.2. The number of aliphatic imine (C=N–C) groups is 1. The van der Waals surface area contributed by atoms with Gasteiger partial charge in [0.25, 0.3) is 0 Å². The number of benzene rings is 1. The van der Waals surface area contributed by atoms with Crippen LogP contribution in [-0.2, 0) is 11.3 Å². The number of rotatable bonds is 7. The van der Waals surface area contributed by atoms with E-state index in [9.17, 15) is 9.18 Å². The topological polar surface area (TPSA) is 63.2 Å². The number of carbonyl (C=O) groups excluding carboxylic acids is 1. The summed E-state index contributed by atoms with van der Waals surface area (Å²) in [6.45, 7) is 7.65. The SMILES string of the molecule is CN=C(NCC1CCN(Cc2ccccc2F)CC1)N1CCN(CC(=O)NC2CC2)CC1.I. The highest BCUT2D eigenvalue weighted by atomic mass is 127. The van der Waals surface area contributed by atoms with Gasteiger partial charge in [-0.25, -0.2) is 4.39 Å². The number of nitrogens with zero attached hydrogens (tertiary/aromatic N) is 4. The number of hydrogen-bond acceptors (Lipinski definition) is 4. The first-order valence-corrected chi connectivity index (χ1v) is 12.0. The smallest absolute Gasteiger partial charge is 0.234 e. The highest BCUT2D eigenvalue weighted by Crippen LogP contribution is 2.20. The molecule has 2 saturated heterocycles. The molecule has 1 aromatic rings. The molecule has 3 aliphatic rings. The Morgan fingerprint density at radius 3 is 2.36 bits per heavy atom. The van der Waals surface area contributed by atoms with Crippen LogP contribution in [0, 0.1) is 11.7 Å². The lowest BCUT2D eigenvalue weighted by Crippen LogP contribution is -2.54. The van der Waals surface area contributed by atoms with Crippen LogP contribution in [0.4, 0.5) is 4.39 Å². The van der Waals surface area contributed by atoms with E-state index < -0.39 is 0 Å². The maximum absolute atomic E-state index is 13.9. The average Bonchev–Trinajstić information content (AvgIpc) is 3.62. The van der Waals surface area contributed by atoms with Gasteiger partial charge >= 0.3 is 0 Å². The predicted octanol–water partition coefficient (Wildman–Crippen LogP) is 2.13. The van der Waals surface area contributed by atoms with Gasteiger partial charge in [-0.05, 0) is 50.8 Å². The number of hydrogen-bond donors (Lipinski definition) is 2. The number of piperidine rings is 1. The largest absolute Gasteiger partial charge is 0.356 e. The second-order valence-electron chi connectivity index (χ2n) is 9.34. The third-order valence-electron chi connectivity index (χ3n) is 6.80. The molecular weight excluding hydrogens is 534 g/mol. The lowest BCUT2D eigenvalue weighted by atomic mass is 9.96. The molecule has 1 aliphatic carbocycles. The van der Waals surface area contributed by atoms with E-state index in [1.54, 1.807) is 12.1 Å². The number of nitrogens with one attached hydrogen (secondary N) is 2. The Labute approximate surface area is 214 Å². The average molecular weight is 573 g/mol. The fourth-order valence-corrected chi connectivity index (χ4v) is 4.61. The van der Waals surface area contributed by atoms with Gasteiger partial charge in [0.15, 0.2) is 5.96 Å². The number of halogens is 2. The zero-order valence-corrected chi connectivity index (χ0v) is 22.0. The molecule has 0 radical (unpaired) electrons. The predicted molar refractivity (Wildman–Crippen MR) is 140 cm³/mol. The Bertz CT molecular complexity index is 789. The van der Waals surface area contributed by atoms with Crippen LogP contribution in [0.25, 0.3) is 0 Å². The Balaban J connectivity index is 0.00000306. The van der Waals surface area contributed by atoms with E-state index in [-0.39, 0.29) is 35.7 Å². The van der Waals surface area contributed by atoms with Crippen molar-refractivity contribution in [3.63, 3.8) is 0 Å². The van der Waals surface area contributed by atoms with E-state index >= 15 is 0 Å². The van der Waals surface area contributed by atoms with Crippen LogP contribution >= 0.6 is 24.0 Å². The van der Waals surface area contributed by atoms with Crippen LogP contribution in [0.3, 0.4) is 0 Å². The molecule has 3 fully saturated rings. The minimum Gasteiger partial charge on any atom is -0.356 e. The lowest BCUT2D eigenvalue weighted by Gasteiger charge is -2.37. The standard InChI is InChI=1S/C24H37FN6O.HI/c1-26-24(31-14-12-30(13-15-31)18-23(32)28-21-6-7-21)27-16-19-8-10-29(11-9-19)17-20-4-2-3-5-22(20)25;/h2-5,19,21H,6-18H2,1H3,(H,26,27)(H,28,32);1H. The molecule has 0 atom stereocenters. The third-order valence-corrected chi connectivity index (χ3v) is 6.80. The zero-order chi connectivity index (χ0) is 22.3. The maximum atomic E-state index is 13.9. The Morgan fingerprint density at radius 1 is 1.03 bits per heavy atom. The van der Waals surface area contributed by atoms with Gasteiger partial charge in [0.1, 0.15) is 5.82 Å². The maximum Gasteiger partial charge on any atom is 0.234 e. The van der Waals surface area contributed by atoms with Gasteiger partial charge in [0, 0.05) is 57.9 Å². The highest BCUT2D eigenvalue weighted by molar-refractivity contribution is 14.0. The molecule has 2 heterocycles. The first-order chi connectivity index (χ1) is 15.6. The number of piperazine rings is 1. The normalized spacial score (nSPS) is 20.9. The molecule has 0 spiro atoms.